The predicted molar refractivity (Wildman–Crippen MR) is 118 cm³/mol. The number of fused-ring (bicyclic) bond motifs is 1. The van der Waals surface area contributed by atoms with E-state index in [9.17, 15) is 0 Å². The molecule has 152 valence electrons. The normalized spacial score (nSPS) is 29.3. The van der Waals surface area contributed by atoms with Gasteiger partial charge < -0.3 is 4.43 Å². The summed E-state index contributed by atoms with van der Waals surface area (Å²) >= 11 is 2.08. The number of hydrogen-bond acceptors (Lipinski definition) is 4. The van der Waals surface area contributed by atoms with Gasteiger partial charge in [0, 0.05) is 12.3 Å². The Morgan fingerprint density at radius 1 is 1.22 bits per heavy atom. The smallest absolute Gasteiger partial charge is 0.192 e. The van der Waals surface area contributed by atoms with E-state index in [2.05, 4.69) is 87.9 Å². The van der Waals surface area contributed by atoms with Crippen LogP contribution in [0.15, 0.2) is 30.3 Å². The lowest BCUT2D eigenvalue weighted by atomic mass is 10.0. The fourth-order valence-electron chi connectivity index (χ4n) is 3.78. The van der Waals surface area contributed by atoms with Gasteiger partial charge in [0.25, 0.3) is 0 Å². The first-order valence-electron chi connectivity index (χ1n) is 10.5. The minimum Gasteiger partial charge on any atom is -0.411 e. The van der Waals surface area contributed by atoms with Gasteiger partial charge in [-0.05, 0) is 30.1 Å². The lowest BCUT2D eigenvalue weighted by Crippen LogP contribution is -2.50. The molecule has 1 aromatic rings. The van der Waals surface area contributed by atoms with Crippen LogP contribution in [0.1, 0.15) is 52.5 Å². The van der Waals surface area contributed by atoms with Crippen LogP contribution in [0.4, 0.5) is 0 Å². The van der Waals surface area contributed by atoms with E-state index < -0.39 is 8.32 Å². The Morgan fingerprint density at radius 3 is 2.56 bits per heavy atom. The highest BCUT2D eigenvalue weighted by Gasteiger charge is 2.54. The van der Waals surface area contributed by atoms with E-state index in [1.807, 2.05) is 0 Å². The molecule has 2 saturated heterocycles. The molecule has 27 heavy (non-hydrogen) atoms. The molecule has 0 aromatic heterocycles. The zero-order chi connectivity index (χ0) is 19.7. The average Bonchev–Trinajstić information content (AvgIpc) is 3.15. The summed E-state index contributed by atoms with van der Waals surface area (Å²) in [6, 6.07) is 11.1. The van der Waals surface area contributed by atoms with E-state index in [4.69, 9.17) is 9.26 Å². The van der Waals surface area contributed by atoms with Crippen molar-refractivity contribution in [1.29, 1.82) is 0 Å². The molecule has 0 unspecified atom stereocenters. The van der Waals surface area contributed by atoms with Gasteiger partial charge in [-0.2, -0.15) is 16.8 Å². The molecule has 5 heteroatoms. The third kappa shape index (κ3) is 4.81. The summed E-state index contributed by atoms with van der Waals surface area (Å²) in [7, 11) is -1.79. The van der Waals surface area contributed by atoms with Crippen LogP contribution >= 0.6 is 11.8 Å². The number of hydrogen-bond donors (Lipinski definition) is 0. The maximum atomic E-state index is 6.89. The summed E-state index contributed by atoms with van der Waals surface area (Å²) in [6.07, 6.45) is 4.22. The van der Waals surface area contributed by atoms with Crippen molar-refractivity contribution in [2.75, 3.05) is 5.75 Å². The lowest BCUT2D eigenvalue weighted by Gasteiger charge is -2.40. The summed E-state index contributed by atoms with van der Waals surface area (Å²) in [6.45, 7) is 14.8. The first-order chi connectivity index (χ1) is 12.7. The zero-order valence-corrected chi connectivity index (χ0v) is 19.7. The third-order valence-electron chi connectivity index (χ3n) is 6.42. The molecule has 2 heterocycles. The third-order valence-corrected chi connectivity index (χ3v) is 12.4. The minimum absolute atomic E-state index is 0.237. The highest BCUT2D eigenvalue weighted by Crippen LogP contribution is 2.46. The summed E-state index contributed by atoms with van der Waals surface area (Å²) < 4.78 is 6.89. The summed E-state index contributed by atoms with van der Waals surface area (Å²) in [4.78, 5) is 6.51. The second kappa shape index (κ2) is 8.58. The van der Waals surface area contributed by atoms with E-state index in [1.54, 1.807) is 0 Å². The summed E-state index contributed by atoms with van der Waals surface area (Å²) in [5, 5.41) is 3.04. The maximum Gasteiger partial charge on any atom is 0.192 e. The van der Waals surface area contributed by atoms with Crippen molar-refractivity contribution < 1.29 is 9.26 Å². The van der Waals surface area contributed by atoms with Crippen LogP contribution in [0.3, 0.4) is 0 Å². The Balaban J connectivity index is 1.78. The number of nitrogens with zero attached hydrogens (tertiary/aromatic N) is 1. The van der Waals surface area contributed by atoms with E-state index in [0.717, 1.165) is 18.7 Å². The van der Waals surface area contributed by atoms with E-state index in [-0.39, 0.29) is 11.1 Å². The molecule has 0 amide bonds. The molecule has 2 fully saturated rings. The van der Waals surface area contributed by atoms with E-state index in [0.29, 0.717) is 17.4 Å². The fourth-order valence-corrected chi connectivity index (χ4v) is 6.82. The topological polar surface area (TPSA) is 21.7 Å². The van der Waals surface area contributed by atoms with Crippen molar-refractivity contribution in [2.24, 2.45) is 0 Å². The monoisotopic (exact) mass is 407 g/mol. The SMILES string of the molecule is CCCC[C@@H]1ON(Cc2ccccc2)[C@@H]2[C@H]1SC[C@H]2O[Si](C)(C)C(C)(C)C. The molecule has 4 atom stereocenters. The molecule has 0 saturated carbocycles. The van der Waals surface area contributed by atoms with Crippen molar-refractivity contribution in [1.82, 2.24) is 5.06 Å². The number of hydroxylamine groups is 2. The van der Waals surface area contributed by atoms with Gasteiger partial charge in [0.2, 0.25) is 0 Å². The second-order valence-electron chi connectivity index (χ2n) is 9.55. The standard InChI is InChI=1S/C22H37NO2SSi/c1-7-8-14-18-21-20(23(24-18)15-17-12-10-9-11-13-17)19(16-26-21)25-27(5,6)22(2,3)4/h9-13,18-21H,7-8,14-16H2,1-6H3/t18-,19+,20-,21-/m0/s1. The van der Waals surface area contributed by atoms with Crippen molar-refractivity contribution in [3.63, 3.8) is 0 Å². The van der Waals surface area contributed by atoms with Gasteiger partial charge in [0.05, 0.1) is 23.5 Å². The van der Waals surface area contributed by atoms with Crippen LogP contribution in [0, 0.1) is 0 Å². The predicted octanol–water partition coefficient (Wildman–Crippen LogP) is 5.87. The van der Waals surface area contributed by atoms with Crippen molar-refractivity contribution >= 4 is 20.1 Å². The fraction of sp³-hybridized carbons (Fsp3) is 0.727. The summed E-state index contributed by atoms with van der Waals surface area (Å²) in [5.41, 5.74) is 1.32. The van der Waals surface area contributed by atoms with Gasteiger partial charge in [-0.25, -0.2) is 0 Å². The Bertz CT molecular complexity index is 604. The minimum atomic E-state index is -1.79. The molecule has 0 N–H and O–H groups in total. The molecular weight excluding hydrogens is 370 g/mol. The van der Waals surface area contributed by atoms with Crippen LogP contribution < -0.4 is 0 Å². The molecular formula is C22H37NO2SSi. The van der Waals surface area contributed by atoms with Crippen LogP contribution in [-0.4, -0.2) is 42.6 Å². The lowest BCUT2D eigenvalue weighted by molar-refractivity contribution is -0.181. The summed E-state index contributed by atoms with van der Waals surface area (Å²) in [5.74, 6) is 1.10. The van der Waals surface area contributed by atoms with Crippen LogP contribution in [0.5, 0.6) is 0 Å². The van der Waals surface area contributed by atoms with Gasteiger partial charge in [-0.3, -0.25) is 4.84 Å². The molecule has 2 aliphatic rings. The maximum absolute atomic E-state index is 6.89. The second-order valence-corrected chi connectivity index (χ2v) is 15.5. The molecule has 0 spiro atoms. The Hall–Kier alpha value is -0.333. The molecule has 3 rings (SSSR count). The highest BCUT2D eigenvalue weighted by atomic mass is 32.2. The van der Waals surface area contributed by atoms with Crippen molar-refractivity contribution in [3.05, 3.63) is 35.9 Å². The molecule has 0 bridgehead atoms. The highest BCUT2D eigenvalue weighted by molar-refractivity contribution is 8.00. The Labute approximate surface area is 171 Å². The molecule has 1 aromatic carbocycles. The van der Waals surface area contributed by atoms with E-state index >= 15 is 0 Å². The molecule has 0 radical (unpaired) electrons. The van der Waals surface area contributed by atoms with Gasteiger partial charge in [-0.15, -0.1) is 0 Å². The Kier molecular flexibility index (Phi) is 6.79. The van der Waals surface area contributed by atoms with Gasteiger partial charge in [0.1, 0.15) is 0 Å². The largest absolute Gasteiger partial charge is 0.411 e. The van der Waals surface area contributed by atoms with Crippen LogP contribution in [0.25, 0.3) is 0 Å². The first-order valence-corrected chi connectivity index (χ1v) is 14.5. The van der Waals surface area contributed by atoms with Gasteiger partial charge >= 0.3 is 0 Å². The number of thioether (sulfide) groups is 1. The van der Waals surface area contributed by atoms with Crippen LogP contribution in [0.2, 0.25) is 18.1 Å². The number of rotatable bonds is 7. The first kappa shape index (κ1) is 21.4. The zero-order valence-electron chi connectivity index (χ0n) is 17.9. The van der Waals surface area contributed by atoms with E-state index in [1.165, 1.54) is 18.4 Å². The Morgan fingerprint density at radius 2 is 1.93 bits per heavy atom. The van der Waals surface area contributed by atoms with Gasteiger partial charge in [0.15, 0.2) is 8.32 Å². The van der Waals surface area contributed by atoms with Gasteiger partial charge in [-0.1, -0.05) is 70.9 Å². The average molecular weight is 408 g/mol. The number of unbranched alkanes of at least 4 members (excludes halogenated alkanes) is 1. The molecule has 0 aliphatic carbocycles. The molecule has 3 nitrogen and oxygen atoms in total. The van der Waals surface area contributed by atoms with Crippen molar-refractivity contribution in [2.45, 2.75) is 95.1 Å². The quantitative estimate of drug-likeness (QED) is 0.527. The van der Waals surface area contributed by atoms with Crippen LogP contribution in [-0.2, 0) is 15.8 Å². The number of benzene rings is 1. The molecule has 2 aliphatic heterocycles. The van der Waals surface area contributed by atoms with Crippen molar-refractivity contribution in [3.8, 4) is 0 Å².